The van der Waals surface area contributed by atoms with E-state index >= 15 is 0 Å². The van der Waals surface area contributed by atoms with E-state index in [4.69, 9.17) is 75.8 Å². The van der Waals surface area contributed by atoms with Crippen LogP contribution >= 0.6 is 0 Å². The number of esters is 11. The fourth-order valence-electron chi connectivity index (χ4n) is 7.07. The topological polar surface area (TPSA) is 335 Å². The average Bonchev–Trinajstić information content (AvgIpc) is 3.44. The number of carbonyl (C=O) groups excluding carboxylic acids is 11. The lowest BCUT2D eigenvalue weighted by Gasteiger charge is -2.47. The highest BCUT2D eigenvalue weighted by molar-refractivity contribution is 5.71. The maximum absolute atomic E-state index is 12.8. The lowest BCUT2D eigenvalue weighted by molar-refractivity contribution is -0.388. The molecule has 0 aromatic heterocycles. The highest BCUT2D eigenvalue weighted by atomic mass is 16.8. The fraction of sp³-hybridized carbons (Fsp3) is 0.725. The number of rotatable bonds is 19. The molecule has 3 aliphatic heterocycles. The minimum Gasteiger partial charge on any atom is -0.463 e. The zero-order chi connectivity index (χ0) is 50.5. The van der Waals surface area contributed by atoms with E-state index < -0.39 is 178 Å². The number of ether oxygens (including phenoxy) is 16. The Morgan fingerprint density at radius 2 is 0.701 bits per heavy atom. The van der Waals surface area contributed by atoms with Crippen LogP contribution in [0.5, 0.6) is 0 Å². The molecular formula is C40H54O27. The van der Waals surface area contributed by atoms with E-state index in [1.807, 2.05) is 0 Å². The van der Waals surface area contributed by atoms with Gasteiger partial charge in [0.1, 0.15) is 38.1 Å². The molecule has 3 rings (SSSR count). The Morgan fingerprint density at radius 1 is 0.358 bits per heavy atom. The number of hydrogen-bond donors (Lipinski definition) is 0. The second-order valence-corrected chi connectivity index (χ2v) is 14.9. The highest BCUT2D eigenvalue weighted by Crippen LogP contribution is 2.42. The molecule has 3 fully saturated rings. The van der Waals surface area contributed by atoms with Gasteiger partial charge in [0, 0.05) is 76.2 Å². The first kappa shape index (κ1) is 55.3. The van der Waals surface area contributed by atoms with Crippen molar-refractivity contribution in [1.82, 2.24) is 0 Å². The van der Waals surface area contributed by atoms with Crippen LogP contribution in [-0.2, 0) is 129 Å². The first-order chi connectivity index (χ1) is 31.2. The monoisotopic (exact) mass is 966 g/mol. The van der Waals surface area contributed by atoms with Crippen molar-refractivity contribution in [3.05, 3.63) is 0 Å². The van der Waals surface area contributed by atoms with E-state index in [1.54, 1.807) is 0 Å². The summed E-state index contributed by atoms with van der Waals surface area (Å²) in [5, 5.41) is 0. The average molecular weight is 967 g/mol. The van der Waals surface area contributed by atoms with Crippen molar-refractivity contribution in [2.75, 3.05) is 26.4 Å². The van der Waals surface area contributed by atoms with Gasteiger partial charge in [0.25, 0.3) is 0 Å². The summed E-state index contributed by atoms with van der Waals surface area (Å²) < 4.78 is 90.3. The molecule has 0 bridgehead atoms. The minimum atomic E-state index is -2.66. The quantitative estimate of drug-likeness (QED) is 0.107. The van der Waals surface area contributed by atoms with E-state index in [1.165, 1.54) is 0 Å². The Balaban J connectivity index is 2.28. The van der Waals surface area contributed by atoms with Crippen LogP contribution in [0.4, 0.5) is 0 Å². The van der Waals surface area contributed by atoms with Gasteiger partial charge in [0.05, 0.1) is 6.61 Å². The van der Waals surface area contributed by atoms with Crippen LogP contribution in [0.1, 0.15) is 76.2 Å². The van der Waals surface area contributed by atoms with Crippen molar-refractivity contribution in [2.45, 2.75) is 162 Å². The smallest absolute Gasteiger partial charge is 0.303 e. The fourth-order valence-corrected chi connectivity index (χ4v) is 7.07. The third kappa shape index (κ3) is 16.4. The summed E-state index contributed by atoms with van der Waals surface area (Å²) in [6, 6.07) is 0. The summed E-state index contributed by atoms with van der Waals surface area (Å²) >= 11 is 0. The summed E-state index contributed by atoms with van der Waals surface area (Å²) in [7, 11) is 0. The normalized spacial score (nSPS) is 31.1. The zero-order valence-electron chi connectivity index (χ0n) is 38.4. The summed E-state index contributed by atoms with van der Waals surface area (Å²) in [6.45, 7) is 7.51. The molecule has 27 heteroatoms. The van der Waals surface area contributed by atoms with Gasteiger partial charge in [-0.15, -0.1) is 0 Å². The maximum Gasteiger partial charge on any atom is 0.303 e. The maximum atomic E-state index is 12.8. The van der Waals surface area contributed by atoms with Crippen LogP contribution in [0.2, 0.25) is 0 Å². The van der Waals surface area contributed by atoms with E-state index in [-0.39, 0.29) is 0 Å². The summed E-state index contributed by atoms with van der Waals surface area (Å²) in [5.74, 6) is -13.3. The predicted molar refractivity (Wildman–Crippen MR) is 206 cm³/mol. The largest absolute Gasteiger partial charge is 0.463 e. The third-order valence-corrected chi connectivity index (χ3v) is 9.16. The second kappa shape index (κ2) is 24.7. The molecule has 27 nitrogen and oxygen atoms in total. The molecule has 0 N–H and O–H groups in total. The molecule has 0 unspecified atom stereocenters. The van der Waals surface area contributed by atoms with Crippen LogP contribution in [0, 0.1) is 0 Å². The first-order valence-corrected chi connectivity index (χ1v) is 20.3. The van der Waals surface area contributed by atoms with Crippen LogP contribution in [-0.4, -0.2) is 178 Å². The molecule has 67 heavy (non-hydrogen) atoms. The molecular weight excluding hydrogens is 912 g/mol. The van der Waals surface area contributed by atoms with Gasteiger partial charge < -0.3 is 75.8 Å². The van der Waals surface area contributed by atoms with Gasteiger partial charge in [-0.1, -0.05) is 0 Å². The first-order valence-electron chi connectivity index (χ1n) is 20.3. The Labute approximate surface area is 382 Å². The van der Waals surface area contributed by atoms with Crippen molar-refractivity contribution >= 4 is 65.7 Å². The molecule has 14 atom stereocenters. The van der Waals surface area contributed by atoms with Gasteiger partial charge >= 0.3 is 65.7 Å². The van der Waals surface area contributed by atoms with Gasteiger partial charge in [-0.2, -0.15) is 0 Å². The molecule has 0 aliphatic carbocycles. The van der Waals surface area contributed by atoms with Gasteiger partial charge in [0.15, 0.2) is 55.1 Å². The van der Waals surface area contributed by atoms with Gasteiger partial charge in [-0.05, 0) is 0 Å². The zero-order valence-corrected chi connectivity index (χ0v) is 38.4. The molecule has 3 heterocycles. The highest BCUT2D eigenvalue weighted by Gasteiger charge is 2.65. The van der Waals surface area contributed by atoms with Crippen LogP contribution in [0.25, 0.3) is 0 Å². The van der Waals surface area contributed by atoms with Crippen molar-refractivity contribution in [1.29, 1.82) is 0 Å². The van der Waals surface area contributed by atoms with Crippen molar-refractivity contribution in [3.63, 3.8) is 0 Å². The number of hydrogen-bond acceptors (Lipinski definition) is 27. The molecule has 3 aliphatic rings. The van der Waals surface area contributed by atoms with Crippen molar-refractivity contribution < 1.29 is 129 Å². The molecule has 0 aromatic carbocycles. The lowest BCUT2D eigenvalue weighted by Crippen LogP contribution is -2.66. The van der Waals surface area contributed by atoms with E-state index in [0.29, 0.717) is 0 Å². The third-order valence-electron chi connectivity index (χ3n) is 9.16. The molecule has 376 valence electrons. The number of carbonyl (C=O) groups is 11. The van der Waals surface area contributed by atoms with E-state index in [2.05, 4.69) is 0 Å². The van der Waals surface area contributed by atoms with Crippen molar-refractivity contribution in [2.24, 2.45) is 0 Å². The Morgan fingerprint density at radius 3 is 1.12 bits per heavy atom. The summed E-state index contributed by atoms with van der Waals surface area (Å²) in [5.41, 5.74) is 0. The summed E-state index contributed by atoms with van der Waals surface area (Å²) in [6.07, 6.45) is -23.3. The predicted octanol–water partition coefficient (Wildman–Crippen LogP) is -1.29. The van der Waals surface area contributed by atoms with Gasteiger partial charge in [-0.3, -0.25) is 52.7 Å². The molecule has 3 saturated heterocycles. The molecule has 0 spiro atoms. The van der Waals surface area contributed by atoms with Crippen LogP contribution in [0.3, 0.4) is 0 Å². The standard InChI is InChI=1S/C40H54O27/c1-16(41)52-12-27-30(56-19(4)44)33(59-22(7)47)35(61-24(9)49)38(64-27)54-13-28-31(57-20(5)45)34(60-23(8)48)36(62-25(10)50)39(65-28)67-40(15-55-18(3)43)37(63-26(11)51)32(58-21(6)46)29(66-40)14-53-17(2)42/h27-39H,12-15H2,1-11H3/t27-,28-,29-,30+,31-,32-,33+,34+,35-,36-,37+,38+,39-,40+/m0/s1. The van der Waals surface area contributed by atoms with E-state index in [0.717, 1.165) is 76.2 Å². The minimum absolute atomic E-state index is 0.650. The van der Waals surface area contributed by atoms with Gasteiger partial charge in [-0.25, -0.2) is 0 Å². The molecule has 0 aromatic rings. The Bertz CT molecular complexity index is 1860. The molecule has 0 saturated carbocycles. The summed E-state index contributed by atoms with van der Waals surface area (Å²) in [4.78, 5) is 137. The Kier molecular flexibility index (Phi) is 20.3. The van der Waals surface area contributed by atoms with Crippen LogP contribution in [0.15, 0.2) is 0 Å². The SMILES string of the molecule is CC(=O)OC[C@@H]1O[C@@H](OC[C@@H]2O[C@@H](O[C@@]3(COC(C)=O)O[C@@H](COC(C)=O)[C@H](OC(C)=O)[C@H]3OC(C)=O)[C@@H](OC(C)=O)[C@H](OC(C)=O)[C@H]2OC(C)=O)[C@@H](OC(C)=O)[C@H](OC(C)=O)[C@@H]1OC(C)=O. The van der Waals surface area contributed by atoms with E-state index in [9.17, 15) is 52.7 Å². The van der Waals surface area contributed by atoms with Gasteiger partial charge in [0.2, 0.25) is 12.1 Å². The van der Waals surface area contributed by atoms with Crippen LogP contribution < -0.4 is 0 Å². The molecule has 0 radical (unpaired) electrons. The molecule has 0 amide bonds. The lowest BCUT2D eigenvalue weighted by atomic mass is 9.97. The Hall–Kier alpha value is -6.03. The van der Waals surface area contributed by atoms with Crippen molar-refractivity contribution in [3.8, 4) is 0 Å². The second-order valence-electron chi connectivity index (χ2n) is 14.9.